The van der Waals surface area contributed by atoms with Gasteiger partial charge in [0.15, 0.2) is 0 Å². The minimum Gasteiger partial charge on any atom is -0.496 e. The molecule has 1 saturated heterocycles. The van der Waals surface area contributed by atoms with Crippen LogP contribution in [0.2, 0.25) is 0 Å². The largest absolute Gasteiger partial charge is 0.496 e. The highest BCUT2D eigenvalue weighted by molar-refractivity contribution is 6.00. The molecule has 2 aliphatic heterocycles. The second-order valence-electron chi connectivity index (χ2n) is 8.12. The summed E-state index contributed by atoms with van der Waals surface area (Å²) in [5.74, 6) is -0.429. The summed E-state index contributed by atoms with van der Waals surface area (Å²) in [6.07, 6.45) is -0.853. The molecule has 0 spiro atoms. The number of imidazole rings is 1. The van der Waals surface area contributed by atoms with E-state index in [9.17, 15) is 23.1 Å². The van der Waals surface area contributed by atoms with Crippen molar-refractivity contribution >= 4 is 17.2 Å². The summed E-state index contributed by atoms with van der Waals surface area (Å²) in [6, 6.07) is 7.36. The summed E-state index contributed by atoms with van der Waals surface area (Å²) in [4.78, 5) is 20.1. The molecule has 1 aromatic carbocycles. The van der Waals surface area contributed by atoms with E-state index in [1.165, 1.54) is 7.11 Å². The molecule has 0 unspecified atom stereocenters. The number of β-amino-alcohol motifs (C(OH)–C–C–N with tert-alkyl or cyclic N) is 1. The van der Waals surface area contributed by atoms with Crippen LogP contribution in [0.25, 0.3) is 16.9 Å². The molecular formula is C22H21F3N4O3. The smallest absolute Gasteiger partial charge is 0.406 e. The van der Waals surface area contributed by atoms with Gasteiger partial charge in [0.05, 0.1) is 30.7 Å². The molecule has 10 heteroatoms. The first-order valence-electron chi connectivity index (χ1n) is 10.2. The quantitative estimate of drug-likeness (QED) is 0.668. The Morgan fingerprint density at radius 1 is 1.25 bits per heavy atom. The predicted octanol–water partition coefficient (Wildman–Crippen LogP) is 2.75. The van der Waals surface area contributed by atoms with Gasteiger partial charge in [0, 0.05) is 43.1 Å². The van der Waals surface area contributed by atoms with Crippen LogP contribution in [0.5, 0.6) is 5.75 Å². The Kier molecular flexibility index (Phi) is 4.77. The topological polar surface area (TPSA) is 70.3 Å². The number of ether oxygens (including phenoxy) is 1. The van der Waals surface area contributed by atoms with Crippen molar-refractivity contribution in [1.29, 1.82) is 0 Å². The van der Waals surface area contributed by atoms with Crippen LogP contribution in [0.4, 0.5) is 18.9 Å². The summed E-state index contributed by atoms with van der Waals surface area (Å²) in [6.45, 7) is -0.105. The van der Waals surface area contributed by atoms with E-state index < -0.39 is 18.6 Å². The molecule has 4 heterocycles. The molecule has 5 rings (SSSR count). The molecule has 32 heavy (non-hydrogen) atoms. The van der Waals surface area contributed by atoms with E-state index in [4.69, 9.17) is 4.74 Å². The molecule has 1 amide bonds. The van der Waals surface area contributed by atoms with E-state index in [0.717, 1.165) is 27.5 Å². The second kappa shape index (κ2) is 7.40. The summed E-state index contributed by atoms with van der Waals surface area (Å²) >= 11 is 0. The third kappa shape index (κ3) is 3.54. The number of rotatable bonds is 4. The monoisotopic (exact) mass is 446 g/mol. The minimum absolute atomic E-state index is 0.00382. The van der Waals surface area contributed by atoms with Crippen LogP contribution < -0.4 is 9.64 Å². The van der Waals surface area contributed by atoms with Crippen LogP contribution in [0.3, 0.4) is 0 Å². The fourth-order valence-corrected chi connectivity index (χ4v) is 4.35. The number of carbonyl (C=O) groups excluding carboxylic acids is 1. The van der Waals surface area contributed by atoms with Crippen molar-refractivity contribution in [3.05, 3.63) is 47.8 Å². The van der Waals surface area contributed by atoms with Crippen molar-refractivity contribution < 1.29 is 27.8 Å². The standard InChI is InChI=1S/C22H21F3N4O3/c1-32-18-7-14(6-13-2-4-27(12-22(23,24)25)21(31)20(13)18)17-9-26-19-8-15(3-5-29(17)19)28-10-16(30)11-28/h3,5-9,16,30H,2,4,10-12H2,1H3. The van der Waals surface area contributed by atoms with Gasteiger partial charge in [0.25, 0.3) is 5.91 Å². The fourth-order valence-electron chi connectivity index (χ4n) is 4.35. The first-order valence-corrected chi connectivity index (χ1v) is 10.2. The van der Waals surface area contributed by atoms with E-state index >= 15 is 0 Å². The number of benzene rings is 1. The molecule has 0 aliphatic carbocycles. The average molecular weight is 446 g/mol. The Morgan fingerprint density at radius 3 is 2.72 bits per heavy atom. The Hall–Kier alpha value is -3.27. The molecule has 1 N–H and O–H groups in total. The zero-order valence-electron chi connectivity index (χ0n) is 17.3. The van der Waals surface area contributed by atoms with E-state index in [2.05, 4.69) is 9.88 Å². The number of aromatic nitrogens is 2. The SMILES string of the molecule is COc1cc(-c2cnc3cc(N4CC(O)C4)ccn23)cc2c1C(=O)N(CC(F)(F)F)CC2. The maximum atomic E-state index is 12.8. The number of pyridine rings is 1. The average Bonchev–Trinajstić information content (AvgIpc) is 3.15. The lowest BCUT2D eigenvalue weighted by molar-refractivity contribution is -0.141. The van der Waals surface area contributed by atoms with Crippen LogP contribution in [-0.2, 0) is 6.42 Å². The van der Waals surface area contributed by atoms with Gasteiger partial charge in [0.2, 0.25) is 0 Å². The molecule has 0 bridgehead atoms. The number of halogens is 3. The first kappa shape index (κ1) is 20.6. The molecule has 0 atom stereocenters. The normalized spacial score (nSPS) is 17.0. The van der Waals surface area contributed by atoms with Crippen LogP contribution in [0.1, 0.15) is 15.9 Å². The lowest BCUT2D eigenvalue weighted by Gasteiger charge is -2.37. The third-order valence-electron chi connectivity index (χ3n) is 5.95. The number of aliphatic hydroxyl groups is 1. The molecule has 0 saturated carbocycles. The van der Waals surface area contributed by atoms with Crippen molar-refractivity contribution in [2.45, 2.75) is 18.7 Å². The van der Waals surface area contributed by atoms with E-state index in [-0.39, 0.29) is 24.0 Å². The van der Waals surface area contributed by atoms with Crippen LogP contribution in [-0.4, -0.2) is 70.9 Å². The van der Waals surface area contributed by atoms with Gasteiger partial charge in [0.1, 0.15) is 17.9 Å². The van der Waals surface area contributed by atoms with Gasteiger partial charge < -0.3 is 19.6 Å². The fraction of sp³-hybridized carbons (Fsp3) is 0.364. The van der Waals surface area contributed by atoms with Gasteiger partial charge in [-0.1, -0.05) is 0 Å². The molecule has 1 fully saturated rings. The number of aliphatic hydroxyl groups excluding tert-OH is 1. The highest BCUT2D eigenvalue weighted by Gasteiger charge is 2.37. The third-order valence-corrected chi connectivity index (χ3v) is 5.95. The molecule has 168 valence electrons. The summed E-state index contributed by atoms with van der Waals surface area (Å²) < 4.78 is 45.8. The number of amides is 1. The second-order valence-corrected chi connectivity index (χ2v) is 8.12. The minimum atomic E-state index is -4.45. The Morgan fingerprint density at radius 2 is 2.03 bits per heavy atom. The van der Waals surface area contributed by atoms with Crippen molar-refractivity contribution in [3.63, 3.8) is 0 Å². The number of nitrogens with zero attached hydrogens (tertiary/aromatic N) is 4. The maximum Gasteiger partial charge on any atom is 0.406 e. The Labute approximate surface area is 181 Å². The van der Waals surface area contributed by atoms with E-state index in [1.54, 1.807) is 12.3 Å². The van der Waals surface area contributed by atoms with Crippen molar-refractivity contribution in [1.82, 2.24) is 14.3 Å². The molecule has 0 radical (unpaired) electrons. The predicted molar refractivity (Wildman–Crippen MR) is 111 cm³/mol. The van der Waals surface area contributed by atoms with Crippen LogP contribution >= 0.6 is 0 Å². The van der Waals surface area contributed by atoms with Gasteiger partial charge in [-0.15, -0.1) is 0 Å². The van der Waals surface area contributed by atoms with E-state index in [1.807, 2.05) is 28.8 Å². The highest BCUT2D eigenvalue weighted by Crippen LogP contribution is 2.35. The number of hydrogen-bond donors (Lipinski definition) is 1. The van der Waals surface area contributed by atoms with Crippen molar-refractivity contribution in [2.75, 3.05) is 38.2 Å². The number of methoxy groups -OCH3 is 1. The summed E-state index contributed by atoms with van der Waals surface area (Å²) in [5.41, 5.74) is 4.07. The lowest BCUT2D eigenvalue weighted by Crippen LogP contribution is -2.50. The summed E-state index contributed by atoms with van der Waals surface area (Å²) in [5, 5.41) is 9.53. The molecular weight excluding hydrogens is 425 g/mol. The Balaban J connectivity index is 1.50. The molecule has 2 aromatic heterocycles. The number of carbonyl (C=O) groups is 1. The van der Waals surface area contributed by atoms with Gasteiger partial charge in [-0.2, -0.15) is 13.2 Å². The zero-order chi connectivity index (χ0) is 22.6. The van der Waals surface area contributed by atoms with Crippen LogP contribution in [0.15, 0.2) is 36.7 Å². The van der Waals surface area contributed by atoms with Crippen molar-refractivity contribution in [2.24, 2.45) is 0 Å². The molecule has 3 aromatic rings. The number of anilines is 1. The van der Waals surface area contributed by atoms with Gasteiger partial charge >= 0.3 is 6.18 Å². The van der Waals surface area contributed by atoms with Crippen molar-refractivity contribution in [3.8, 4) is 17.0 Å². The Bertz CT molecular complexity index is 1180. The maximum absolute atomic E-state index is 12.8. The van der Waals surface area contributed by atoms with Gasteiger partial charge in [-0.05, 0) is 30.2 Å². The van der Waals surface area contributed by atoms with E-state index in [0.29, 0.717) is 25.1 Å². The number of hydrogen-bond acceptors (Lipinski definition) is 5. The molecule has 7 nitrogen and oxygen atoms in total. The highest BCUT2D eigenvalue weighted by atomic mass is 19.4. The van der Waals surface area contributed by atoms with Gasteiger partial charge in [-0.25, -0.2) is 4.98 Å². The van der Waals surface area contributed by atoms with Gasteiger partial charge in [-0.3, -0.25) is 9.20 Å². The number of alkyl halides is 3. The molecule has 2 aliphatic rings. The summed E-state index contributed by atoms with van der Waals surface area (Å²) in [7, 11) is 1.40. The lowest BCUT2D eigenvalue weighted by atomic mass is 9.94. The first-order chi connectivity index (χ1) is 15.2. The van der Waals surface area contributed by atoms with Crippen LogP contribution in [0, 0.1) is 0 Å². The zero-order valence-corrected chi connectivity index (χ0v) is 17.3. The number of fused-ring (bicyclic) bond motifs is 2.